The number of rotatable bonds is 9. The molecule has 180 valence electrons. The molecule has 0 bridgehead atoms. The van der Waals surface area contributed by atoms with Gasteiger partial charge in [0, 0.05) is 29.4 Å². The van der Waals surface area contributed by atoms with Crippen molar-refractivity contribution in [3.63, 3.8) is 0 Å². The largest absolute Gasteiger partial charge is 0.490 e. The molecule has 3 amide bonds. The Morgan fingerprint density at radius 2 is 1.73 bits per heavy atom. The van der Waals surface area contributed by atoms with Crippen LogP contribution in [0, 0.1) is 0 Å². The fourth-order valence-electron chi connectivity index (χ4n) is 3.51. The number of ether oxygens (including phenoxy) is 3. The fraction of sp³-hybridized carbons (Fsp3) is 0.522. The molecular formula is C23H32N4O5S. The SMILES string of the molecule is CCOc1cc(C(=O)N2CCc3nc(NC(=O)NC(C)C)sc3C2)cc(OCC)c1OCC. The highest BCUT2D eigenvalue weighted by atomic mass is 32.1. The second-order valence-corrected chi connectivity index (χ2v) is 8.80. The molecule has 1 aromatic heterocycles. The lowest BCUT2D eigenvalue weighted by Gasteiger charge is -2.27. The van der Waals surface area contributed by atoms with Gasteiger partial charge < -0.3 is 24.4 Å². The van der Waals surface area contributed by atoms with Crippen molar-refractivity contribution in [2.45, 2.75) is 53.6 Å². The van der Waals surface area contributed by atoms with Gasteiger partial charge in [0.05, 0.1) is 32.1 Å². The van der Waals surface area contributed by atoms with Crippen molar-refractivity contribution in [1.29, 1.82) is 0 Å². The van der Waals surface area contributed by atoms with Crippen LogP contribution in [0.4, 0.5) is 9.93 Å². The maximum absolute atomic E-state index is 13.4. The Morgan fingerprint density at radius 3 is 2.30 bits per heavy atom. The van der Waals surface area contributed by atoms with Crippen molar-refractivity contribution in [3.05, 3.63) is 28.3 Å². The van der Waals surface area contributed by atoms with Gasteiger partial charge in [-0.1, -0.05) is 11.3 Å². The molecule has 1 aliphatic heterocycles. The van der Waals surface area contributed by atoms with Gasteiger partial charge in [-0.3, -0.25) is 10.1 Å². The summed E-state index contributed by atoms with van der Waals surface area (Å²) in [5.41, 5.74) is 1.40. The smallest absolute Gasteiger partial charge is 0.321 e. The first-order chi connectivity index (χ1) is 15.9. The van der Waals surface area contributed by atoms with Crippen LogP contribution in [0.25, 0.3) is 0 Å². The number of nitrogens with zero attached hydrogens (tertiary/aromatic N) is 2. The molecule has 9 nitrogen and oxygen atoms in total. The van der Waals surface area contributed by atoms with Crippen LogP contribution in [-0.4, -0.2) is 54.2 Å². The van der Waals surface area contributed by atoms with E-state index in [1.165, 1.54) is 11.3 Å². The van der Waals surface area contributed by atoms with Gasteiger partial charge in [-0.25, -0.2) is 9.78 Å². The summed E-state index contributed by atoms with van der Waals surface area (Å²) in [6, 6.07) is 3.17. The Labute approximate surface area is 198 Å². The number of carbonyl (C=O) groups excluding carboxylic acids is 2. The van der Waals surface area contributed by atoms with Gasteiger partial charge in [-0.05, 0) is 46.8 Å². The van der Waals surface area contributed by atoms with Crippen LogP contribution in [0.15, 0.2) is 12.1 Å². The summed E-state index contributed by atoms with van der Waals surface area (Å²) in [6.07, 6.45) is 0.624. The second-order valence-electron chi connectivity index (χ2n) is 7.72. The van der Waals surface area contributed by atoms with E-state index in [0.717, 1.165) is 10.6 Å². The van der Waals surface area contributed by atoms with Crippen molar-refractivity contribution >= 4 is 28.4 Å². The van der Waals surface area contributed by atoms with Crippen molar-refractivity contribution in [2.75, 3.05) is 31.7 Å². The Balaban J connectivity index is 1.80. The molecule has 1 aliphatic rings. The van der Waals surface area contributed by atoms with E-state index >= 15 is 0 Å². The molecule has 0 atom stereocenters. The minimum Gasteiger partial charge on any atom is -0.490 e. The summed E-state index contributed by atoms with van der Waals surface area (Å²) in [4.78, 5) is 32.6. The first-order valence-corrected chi connectivity index (χ1v) is 12.1. The molecule has 0 radical (unpaired) electrons. The predicted octanol–water partition coefficient (Wildman–Crippen LogP) is 4.07. The maximum atomic E-state index is 13.4. The molecule has 2 aromatic rings. The number of thiazole rings is 1. The number of benzene rings is 1. The molecule has 0 saturated carbocycles. The molecule has 3 rings (SSSR count). The normalized spacial score (nSPS) is 12.8. The van der Waals surface area contributed by atoms with Gasteiger partial charge in [-0.15, -0.1) is 0 Å². The molecule has 1 aromatic carbocycles. The van der Waals surface area contributed by atoms with Crippen LogP contribution in [0.2, 0.25) is 0 Å². The highest BCUT2D eigenvalue weighted by Crippen LogP contribution is 2.40. The lowest BCUT2D eigenvalue weighted by molar-refractivity contribution is 0.0735. The summed E-state index contributed by atoms with van der Waals surface area (Å²) in [6.45, 7) is 11.8. The number of hydrogen-bond donors (Lipinski definition) is 2. The van der Waals surface area contributed by atoms with E-state index in [4.69, 9.17) is 14.2 Å². The summed E-state index contributed by atoms with van der Waals surface area (Å²) in [5.74, 6) is 1.38. The molecule has 2 heterocycles. The zero-order valence-corrected chi connectivity index (χ0v) is 20.6. The highest BCUT2D eigenvalue weighted by molar-refractivity contribution is 7.15. The minimum absolute atomic E-state index is 0.0324. The lowest BCUT2D eigenvalue weighted by atomic mass is 10.1. The summed E-state index contributed by atoms with van der Waals surface area (Å²) >= 11 is 1.39. The van der Waals surface area contributed by atoms with E-state index in [1.807, 2.05) is 34.6 Å². The summed E-state index contributed by atoms with van der Waals surface area (Å²) < 4.78 is 17.2. The van der Waals surface area contributed by atoms with Gasteiger partial charge >= 0.3 is 6.03 Å². The average Bonchev–Trinajstić information content (AvgIpc) is 3.16. The Hall–Kier alpha value is -3.01. The topological polar surface area (TPSA) is 102 Å². The molecule has 0 unspecified atom stereocenters. The lowest BCUT2D eigenvalue weighted by Crippen LogP contribution is -2.35. The average molecular weight is 477 g/mol. The number of nitrogens with one attached hydrogen (secondary N) is 2. The van der Waals surface area contributed by atoms with E-state index in [0.29, 0.717) is 67.3 Å². The van der Waals surface area contributed by atoms with E-state index in [1.54, 1.807) is 17.0 Å². The number of anilines is 1. The monoisotopic (exact) mass is 476 g/mol. The first kappa shape index (κ1) is 24.6. The third-order valence-electron chi connectivity index (χ3n) is 4.81. The number of aromatic nitrogens is 1. The Kier molecular flexibility index (Phi) is 8.37. The third-order valence-corrected chi connectivity index (χ3v) is 5.81. The molecule has 0 fully saturated rings. The van der Waals surface area contributed by atoms with E-state index in [2.05, 4.69) is 15.6 Å². The van der Waals surface area contributed by atoms with Crippen LogP contribution >= 0.6 is 11.3 Å². The van der Waals surface area contributed by atoms with E-state index in [9.17, 15) is 9.59 Å². The Bertz CT molecular complexity index is 964. The molecule has 2 N–H and O–H groups in total. The quantitative estimate of drug-likeness (QED) is 0.566. The number of amides is 3. The first-order valence-electron chi connectivity index (χ1n) is 11.3. The molecule has 0 aliphatic carbocycles. The number of fused-ring (bicyclic) bond motifs is 1. The molecule has 0 saturated heterocycles. The molecular weight excluding hydrogens is 444 g/mol. The predicted molar refractivity (Wildman–Crippen MR) is 128 cm³/mol. The van der Waals surface area contributed by atoms with Crippen molar-refractivity contribution in [2.24, 2.45) is 0 Å². The van der Waals surface area contributed by atoms with Crippen molar-refractivity contribution < 1.29 is 23.8 Å². The van der Waals surface area contributed by atoms with Crippen LogP contribution in [-0.2, 0) is 13.0 Å². The van der Waals surface area contributed by atoms with Gasteiger partial charge in [0.2, 0.25) is 5.75 Å². The van der Waals surface area contributed by atoms with E-state index in [-0.39, 0.29) is 18.0 Å². The van der Waals surface area contributed by atoms with Crippen LogP contribution in [0.3, 0.4) is 0 Å². The van der Waals surface area contributed by atoms with Gasteiger partial charge in [0.1, 0.15) is 0 Å². The van der Waals surface area contributed by atoms with E-state index < -0.39 is 0 Å². The summed E-state index contributed by atoms with van der Waals surface area (Å²) in [7, 11) is 0. The highest BCUT2D eigenvalue weighted by Gasteiger charge is 2.27. The van der Waals surface area contributed by atoms with Crippen molar-refractivity contribution in [3.8, 4) is 17.2 Å². The third kappa shape index (κ3) is 6.07. The second kappa shape index (κ2) is 11.2. The number of hydrogen-bond acceptors (Lipinski definition) is 7. The molecule has 10 heteroatoms. The summed E-state index contributed by atoms with van der Waals surface area (Å²) in [5, 5.41) is 6.09. The number of carbonyl (C=O) groups is 2. The van der Waals surface area contributed by atoms with Crippen LogP contribution < -0.4 is 24.8 Å². The van der Waals surface area contributed by atoms with Crippen LogP contribution in [0.5, 0.6) is 17.2 Å². The maximum Gasteiger partial charge on any atom is 0.321 e. The van der Waals surface area contributed by atoms with Crippen LogP contribution in [0.1, 0.15) is 55.5 Å². The molecule has 33 heavy (non-hydrogen) atoms. The number of urea groups is 1. The molecule has 0 spiro atoms. The zero-order valence-electron chi connectivity index (χ0n) is 19.8. The zero-order chi connectivity index (χ0) is 24.0. The van der Waals surface area contributed by atoms with Crippen molar-refractivity contribution in [1.82, 2.24) is 15.2 Å². The fourth-order valence-corrected chi connectivity index (χ4v) is 4.53. The van der Waals surface area contributed by atoms with Gasteiger partial charge in [-0.2, -0.15) is 0 Å². The Morgan fingerprint density at radius 1 is 1.09 bits per heavy atom. The standard InChI is InChI=1S/C23H32N4O5S/c1-6-30-17-11-15(12-18(31-7-2)20(17)32-8-3)21(28)27-10-9-16-19(13-27)33-23(25-16)26-22(29)24-14(4)5/h11-12,14H,6-10,13H2,1-5H3,(H2,24,25,26,29). The minimum atomic E-state index is -0.287. The van der Waals surface area contributed by atoms with Gasteiger partial charge in [0.25, 0.3) is 5.91 Å². The van der Waals surface area contributed by atoms with Gasteiger partial charge in [0.15, 0.2) is 16.6 Å².